The highest BCUT2D eigenvalue weighted by atomic mass is 35.5. The van der Waals surface area contributed by atoms with Gasteiger partial charge in [-0.3, -0.25) is 4.79 Å². The fourth-order valence-corrected chi connectivity index (χ4v) is 2.96. The van der Waals surface area contributed by atoms with Crippen LogP contribution < -0.4 is 14.8 Å². The molecule has 2 aromatic carbocycles. The standard InChI is InChI=1S/C24H24ClNO5/c1-5-13-30-20-12-9-18(15-21(20)28-3)22(29-4)16-26-24(27)23(31-14-6-2)17-7-10-19(25)11-8-17/h1-2,7-12,15,22-23H,13-14,16H2,3-4H3,(H,26,27). The maximum atomic E-state index is 12.8. The van der Waals surface area contributed by atoms with Gasteiger partial charge in [0.25, 0.3) is 5.91 Å². The molecule has 0 fully saturated rings. The van der Waals surface area contributed by atoms with Gasteiger partial charge in [-0.05, 0) is 35.4 Å². The molecule has 0 radical (unpaired) electrons. The molecule has 1 N–H and O–H groups in total. The van der Waals surface area contributed by atoms with Gasteiger partial charge in [0.15, 0.2) is 17.6 Å². The number of benzene rings is 2. The first-order chi connectivity index (χ1) is 15.0. The molecule has 0 aromatic heterocycles. The van der Waals surface area contributed by atoms with Crippen molar-refractivity contribution in [1.29, 1.82) is 0 Å². The van der Waals surface area contributed by atoms with E-state index in [2.05, 4.69) is 17.2 Å². The van der Waals surface area contributed by atoms with Crippen LogP contribution in [0.5, 0.6) is 11.5 Å². The van der Waals surface area contributed by atoms with Crippen LogP contribution in [0.1, 0.15) is 23.3 Å². The Hall–Kier alpha value is -3.16. The van der Waals surface area contributed by atoms with E-state index in [1.54, 1.807) is 43.5 Å². The molecule has 0 aliphatic rings. The SMILES string of the molecule is C#CCOc1ccc(C(CNC(=O)C(OCC#C)c2ccc(Cl)cc2)OC)cc1OC. The summed E-state index contributed by atoms with van der Waals surface area (Å²) in [7, 11) is 3.09. The minimum Gasteiger partial charge on any atom is -0.493 e. The number of methoxy groups -OCH3 is 2. The van der Waals surface area contributed by atoms with Crippen molar-refractivity contribution in [3.8, 4) is 36.2 Å². The summed E-state index contributed by atoms with van der Waals surface area (Å²) >= 11 is 5.93. The zero-order valence-corrected chi connectivity index (χ0v) is 18.1. The van der Waals surface area contributed by atoms with Crippen LogP contribution in [-0.4, -0.2) is 39.9 Å². The average molecular weight is 442 g/mol. The number of ether oxygens (including phenoxy) is 4. The molecular formula is C24H24ClNO5. The van der Waals surface area contributed by atoms with Gasteiger partial charge in [-0.1, -0.05) is 41.6 Å². The molecular weight excluding hydrogens is 418 g/mol. The van der Waals surface area contributed by atoms with Crippen molar-refractivity contribution < 1.29 is 23.7 Å². The minimum atomic E-state index is -0.875. The van der Waals surface area contributed by atoms with Gasteiger partial charge in [0.2, 0.25) is 0 Å². The topological polar surface area (TPSA) is 66.0 Å². The Balaban J connectivity index is 2.12. The Labute approximate surface area is 187 Å². The van der Waals surface area contributed by atoms with Crippen molar-refractivity contribution in [2.45, 2.75) is 12.2 Å². The summed E-state index contributed by atoms with van der Waals surface area (Å²) < 4.78 is 21.9. The molecule has 0 aliphatic heterocycles. The zero-order valence-electron chi connectivity index (χ0n) is 17.4. The van der Waals surface area contributed by atoms with Crippen LogP contribution >= 0.6 is 11.6 Å². The van der Waals surface area contributed by atoms with Crippen molar-refractivity contribution in [3.63, 3.8) is 0 Å². The van der Waals surface area contributed by atoms with E-state index < -0.39 is 12.2 Å². The molecule has 0 aliphatic carbocycles. The third kappa shape index (κ3) is 6.94. The first-order valence-corrected chi connectivity index (χ1v) is 9.77. The van der Waals surface area contributed by atoms with Crippen molar-refractivity contribution in [1.82, 2.24) is 5.32 Å². The van der Waals surface area contributed by atoms with E-state index in [1.807, 2.05) is 6.07 Å². The number of rotatable bonds is 11. The predicted octanol–water partition coefficient (Wildman–Crippen LogP) is 3.56. The first kappa shape index (κ1) is 24.1. The quantitative estimate of drug-likeness (QED) is 0.540. The maximum Gasteiger partial charge on any atom is 0.253 e. The van der Waals surface area contributed by atoms with Gasteiger partial charge in [-0.25, -0.2) is 0 Å². The van der Waals surface area contributed by atoms with Crippen molar-refractivity contribution in [2.24, 2.45) is 0 Å². The fourth-order valence-electron chi connectivity index (χ4n) is 2.84. The van der Waals surface area contributed by atoms with Crippen LogP contribution in [-0.2, 0) is 14.3 Å². The lowest BCUT2D eigenvalue weighted by molar-refractivity contribution is -0.133. The largest absolute Gasteiger partial charge is 0.493 e. The van der Waals surface area contributed by atoms with E-state index in [0.29, 0.717) is 22.1 Å². The monoisotopic (exact) mass is 441 g/mol. The third-order valence-electron chi connectivity index (χ3n) is 4.36. The number of nitrogens with one attached hydrogen (secondary N) is 1. The number of carbonyl (C=O) groups is 1. The minimum absolute atomic E-state index is 0.00919. The number of hydrogen-bond donors (Lipinski definition) is 1. The third-order valence-corrected chi connectivity index (χ3v) is 4.61. The van der Waals surface area contributed by atoms with Crippen molar-refractivity contribution in [3.05, 3.63) is 58.6 Å². The van der Waals surface area contributed by atoms with Gasteiger partial charge in [0, 0.05) is 18.7 Å². The van der Waals surface area contributed by atoms with Gasteiger partial charge in [0.05, 0.1) is 13.2 Å². The van der Waals surface area contributed by atoms with Crippen LogP contribution in [0.3, 0.4) is 0 Å². The van der Waals surface area contributed by atoms with Crippen LogP contribution in [0.2, 0.25) is 5.02 Å². The van der Waals surface area contributed by atoms with Crippen molar-refractivity contribution in [2.75, 3.05) is 34.0 Å². The van der Waals surface area contributed by atoms with E-state index in [4.69, 9.17) is 43.4 Å². The molecule has 0 heterocycles. The zero-order chi connectivity index (χ0) is 22.6. The van der Waals surface area contributed by atoms with E-state index in [-0.39, 0.29) is 25.7 Å². The van der Waals surface area contributed by atoms with Crippen LogP contribution in [0.4, 0.5) is 0 Å². The summed E-state index contributed by atoms with van der Waals surface area (Å²) in [6.45, 7) is 0.320. The van der Waals surface area contributed by atoms with E-state index in [0.717, 1.165) is 5.56 Å². The van der Waals surface area contributed by atoms with E-state index in [9.17, 15) is 4.79 Å². The lowest BCUT2D eigenvalue weighted by Gasteiger charge is -2.21. The molecule has 2 rings (SSSR count). The Morgan fingerprint density at radius 1 is 1.03 bits per heavy atom. The summed E-state index contributed by atoms with van der Waals surface area (Å²) in [6.07, 6.45) is 9.22. The molecule has 1 amide bonds. The molecule has 31 heavy (non-hydrogen) atoms. The Morgan fingerprint density at radius 3 is 2.32 bits per heavy atom. The molecule has 2 atom stereocenters. The van der Waals surface area contributed by atoms with Crippen LogP contribution in [0, 0.1) is 24.7 Å². The molecule has 2 aromatic rings. The molecule has 162 valence electrons. The normalized spacial score (nSPS) is 12.2. The molecule has 2 unspecified atom stereocenters. The molecule has 6 nitrogen and oxygen atoms in total. The van der Waals surface area contributed by atoms with Crippen molar-refractivity contribution >= 4 is 17.5 Å². The molecule has 7 heteroatoms. The van der Waals surface area contributed by atoms with Crippen LogP contribution in [0.25, 0.3) is 0 Å². The smallest absolute Gasteiger partial charge is 0.253 e. The highest BCUT2D eigenvalue weighted by molar-refractivity contribution is 6.30. The number of amides is 1. The predicted molar refractivity (Wildman–Crippen MR) is 119 cm³/mol. The van der Waals surface area contributed by atoms with Crippen LogP contribution in [0.15, 0.2) is 42.5 Å². The van der Waals surface area contributed by atoms with Gasteiger partial charge in [-0.2, -0.15) is 0 Å². The second-order valence-electron chi connectivity index (χ2n) is 6.32. The summed E-state index contributed by atoms with van der Waals surface area (Å²) in [4.78, 5) is 12.8. The molecule has 0 saturated heterocycles. The fraction of sp³-hybridized carbons (Fsp3) is 0.292. The Bertz CT molecular complexity index is 946. The Kier molecular flexibility index (Phi) is 9.74. The number of hydrogen-bond acceptors (Lipinski definition) is 5. The summed E-state index contributed by atoms with van der Waals surface area (Å²) in [5, 5.41) is 3.41. The van der Waals surface area contributed by atoms with Gasteiger partial charge in [0.1, 0.15) is 13.2 Å². The second kappa shape index (κ2) is 12.5. The molecule has 0 bridgehead atoms. The van der Waals surface area contributed by atoms with Gasteiger partial charge >= 0.3 is 0 Å². The Morgan fingerprint density at radius 2 is 1.71 bits per heavy atom. The van der Waals surface area contributed by atoms with E-state index >= 15 is 0 Å². The van der Waals surface area contributed by atoms with Gasteiger partial charge < -0.3 is 24.3 Å². The van der Waals surface area contributed by atoms with E-state index in [1.165, 1.54) is 7.11 Å². The summed E-state index contributed by atoms with van der Waals surface area (Å²) in [5.74, 6) is 5.47. The highest BCUT2D eigenvalue weighted by Gasteiger charge is 2.23. The summed E-state index contributed by atoms with van der Waals surface area (Å²) in [6, 6.07) is 12.1. The average Bonchev–Trinajstić information content (AvgIpc) is 2.79. The highest BCUT2D eigenvalue weighted by Crippen LogP contribution is 2.31. The summed E-state index contributed by atoms with van der Waals surface area (Å²) in [5.41, 5.74) is 1.43. The first-order valence-electron chi connectivity index (χ1n) is 9.39. The number of terminal acetylenes is 2. The van der Waals surface area contributed by atoms with Gasteiger partial charge in [-0.15, -0.1) is 12.8 Å². The maximum absolute atomic E-state index is 12.8. The number of halogens is 1. The lowest BCUT2D eigenvalue weighted by Crippen LogP contribution is -2.34. The molecule has 0 saturated carbocycles. The lowest BCUT2D eigenvalue weighted by atomic mass is 10.1. The number of carbonyl (C=O) groups excluding carboxylic acids is 1. The second-order valence-corrected chi connectivity index (χ2v) is 6.76. The molecule has 0 spiro atoms.